The van der Waals surface area contributed by atoms with Gasteiger partial charge in [0.15, 0.2) is 0 Å². The van der Waals surface area contributed by atoms with Gasteiger partial charge in [0.25, 0.3) is 0 Å². The molecule has 0 spiro atoms. The zero-order valence-corrected chi connectivity index (χ0v) is 15.1. The number of aromatic nitrogens is 2. The van der Waals surface area contributed by atoms with Gasteiger partial charge in [0.2, 0.25) is 11.9 Å². The molecule has 0 atom stereocenters. The maximum Gasteiger partial charge on any atom is 0.225 e. The first-order chi connectivity index (χ1) is 12.0. The Morgan fingerprint density at radius 2 is 1.60 bits per heavy atom. The van der Waals surface area contributed by atoms with Crippen LogP contribution in [0.2, 0.25) is 0 Å². The first kappa shape index (κ1) is 17.4. The molecule has 2 heterocycles. The van der Waals surface area contributed by atoms with Crippen LogP contribution in [-0.2, 0) is 4.79 Å². The zero-order chi connectivity index (χ0) is 17.8. The van der Waals surface area contributed by atoms with Crippen LogP contribution in [0.1, 0.15) is 20.8 Å². The second kappa shape index (κ2) is 7.61. The summed E-state index contributed by atoms with van der Waals surface area (Å²) in [7, 11) is 0. The Morgan fingerprint density at radius 1 is 1.00 bits per heavy atom. The molecule has 2 aromatic rings. The average Bonchev–Trinajstić information content (AvgIpc) is 2.62. The number of carbonyl (C=O) groups is 1. The van der Waals surface area contributed by atoms with Crippen LogP contribution < -0.4 is 10.2 Å². The Balaban J connectivity index is 1.65. The number of carbonyl (C=O) groups excluding carboxylic acids is 1. The van der Waals surface area contributed by atoms with Crippen molar-refractivity contribution in [3.05, 3.63) is 36.7 Å². The van der Waals surface area contributed by atoms with E-state index in [0.717, 1.165) is 48.9 Å². The number of amides is 1. The Morgan fingerprint density at radius 3 is 2.12 bits per heavy atom. The van der Waals surface area contributed by atoms with Crippen LogP contribution in [0.3, 0.4) is 0 Å². The maximum absolute atomic E-state index is 11.1. The Hall–Kier alpha value is -2.47. The monoisotopic (exact) mass is 339 g/mol. The highest BCUT2D eigenvalue weighted by Crippen LogP contribution is 2.21. The fourth-order valence-corrected chi connectivity index (χ4v) is 3.02. The van der Waals surface area contributed by atoms with Gasteiger partial charge in [0.1, 0.15) is 0 Å². The van der Waals surface area contributed by atoms with E-state index in [0.29, 0.717) is 6.04 Å². The van der Waals surface area contributed by atoms with Crippen molar-refractivity contribution in [2.75, 3.05) is 36.4 Å². The molecule has 0 saturated carbocycles. The van der Waals surface area contributed by atoms with Crippen molar-refractivity contribution in [2.45, 2.75) is 26.8 Å². The third-order valence-electron chi connectivity index (χ3n) is 4.50. The predicted octanol–water partition coefficient (Wildman–Crippen LogP) is 2.63. The molecule has 1 saturated heterocycles. The molecule has 1 N–H and O–H groups in total. The molecular formula is C19H25N5O. The summed E-state index contributed by atoms with van der Waals surface area (Å²) >= 11 is 0. The van der Waals surface area contributed by atoms with Crippen molar-refractivity contribution in [2.24, 2.45) is 0 Å². The van der Waals surface area contributed by atoms with Gasteiger partial charge in [-0.25, -0.2) is 9.97 Å². The summed E-state index contributed by atoms with van der Waals surface area (Å²) in [6.07, 6.45) is 3.73. The van der Waals surface area contributed by atoms with Gasteiger partial charge in [-0.3, -0.25) is 9.69 Å². The number of piperazine rings is 1. The van der Waals surface area contributed by atoms with Crippen molar-refractivity contribution < 1.29 is 4.79 Å². The van der Waals surface area contributed by atoms with Crippen LogP contribution >= 0.6 is 0 Å². The highest BCUT2D eigenvalue weighted by Gasteiger charge is 2.20. The highest BCUT2D eigenvalue weighted by molar-refractivity contribution is 5.88. The van der Waals surface area contributed by atoms with Crippen molar-refractivity contribution in [1.82, 2.24) is 14.9 Å². The second-order valence-corrected chi connectivity index (χ2v) is 6.65. The van der Waals surface area contributed by atoms with Crippen molar-refractivity contribution in [3.63, 3.8) is 0 Å². The molecule has 132 valence electrons. The van der Waals surface area contributed by atoms with Crippen molar-refractivity contribution in [1.29, 1.82) is 0 Å². The summed E-state index contributed by atoms with van der Waals surface area (Å²) in [5, 5.41) is 2.77. The van der Waals surface area contributed by atoms with E-state index in [1.54, 1.807) is 0 Å². The lowest BCUT2D eigenvalue weighted by Gasteiger charge is -2.36. The molecule has 1 amide bonds. The van der Waals surface area contributed by atoms with E-state index in [4.69, 9.17) is 0 Å². The molecular weight excluding hydrogens is 314 g/mol. The van der Waals surface area contributed by atoms with Gasteiger partial charge in [-0.05, 0) is 31.5 Å². The van der Waals surface area contributed by atoms with E-state index in [2.05, 4.69) is 38.9 Å². The van der Waals surface area contributed by atoms with Crippen molar-refractivity contribution in [3.8, 4) is 11.1 Å². The normalized spacial score (nSPS) is 15.4. The van der Waals surface area contributed by atoms with E-state index < -0.39 is 0 Å². The number of nitrogens with one attached hydrogen (secondary N) is 1. The summed E-state index contributed by atoms with van der Waals surface area (Å²) < 4.78 is 0. The number of hydrogen-bond donors (Lipinski definition) is 1. The summed E-state index contributed by atoms with van der Waals surface area (Å²) in [6, 6.07) is 8.28. The second-order valence-electron chi connectivity index (χ2n) is 6.65. The SMILES string of the molecule is CC(=O)Nc1ccc(-c2cnc(N3CCN(C(C)C)CC3)nc2)cc1. The largest absolute Gasteiger partial charge is 0.338 e. The fraction of sp³-hybridized carbons (Fsp3) is 0.421. The molecule has 1 fully saturated rings. The Bertz CT molecular complexity index is 704. The van der Waals surface area contributed by atoms with Crippen LogP contribution in [0.4, 0.5) is 11.6 Å². The van der Waals surface area contributed by atoms with E-state index >= 15 is 0 Å². The molecule has 6 nitrogen and oxygen atoms in total. The van der Waals surface area contributed by atoms with Crippen LogP contribution in [0.15, 0.2) is 36.7 Å². The summed E-state index contributed by atoms with van der Waals surface area (Å²) in [5.41, 5.74) is 2.79. The minimum absolute atomic E-state index is 0.0713. The first-order valence-corrected chi connectivity index (χ1v) is 8.72. The molecule has 25 heavy (non-hydrogen) atoms. The molecule has 0 radical (unpaired) electrons. The molecule has 6 heteroatoms. The van der Waals surface area contributed by atoms with Crippen LogP contribution in [0.5, 0.6) is 0 Å². The molecule has 1 aromatic carbocycles. The quantitative estimate of drug-likeness (QED) is 0.928. The molecule has 0 unspecified atom stereocenters. The van der Waals surface area contributed by atoms with E-state index in [1.807, 2.05) is 36.7 Å². The Kier molecular flexibility index (Phi) is 5.28. The zero-order valence-electron chi connectivity index (χ0n) is 15.1. The number of benzene rings is 1. The van der Waals surface area contributed by atoms with Gasteiger partial charge in [-0.2, -0.15) is 0 Å². The molecule has 0 aliphatic carbocycles. The van der Waals surface area contributed by atoms with Gasteiger partial charge in [0.05, 0.1) is 0 Å². The third-order valence-corrected chi connectivity index (χ3v) is 4.50. The van der Waals surface area contributed by atoms with E-state index in [-0.39, 0.29) is 5.91 Å². The highest BCUT2D eigenvalue weighted by atomic mass is 16.1. The van der Waals surface area contributed by atoms with Gasteiger partial charge in [-0.1, -0.05) is 12.1 Å². The summed E-state index contributed by atoms with van der Waals surface area (Å²) in [4.78, 5) is 24.9. The predicted molar refractivity (Wildman–Crippen MR) is 101 cm³/mol. The number of anilines is 2. The minimum Gasteiger partial charge on any atom is -0.338 e. The third kappa shape index (κ3) is 4.33. The van der Waals surface area contributed by atoms with Crippen LogP contribution in [-0.4, -0.2) is 53.0 Å². The van der Waals surface area contributed by atoms with E-state index in [1.165, 1.54) is 6.92 Å². The maximum atomic E-state index is 11.1. The van der Waals surface area contributed by atoms with Gasteiger partial charge in [0, 0.05) is 62.8 Å². The van der Waals surface area contributed by atoms with Crippen LogP contribution in [0.25, 0.3) is 11.1 Å². The molecule has 0 bridgehead atoms. The van der Waals surface area contributed by atoms with Crippen LogP contribution in [0, 0.1) is 0 Å². The number of nitrogens with zero attached hydrogens (tertiary/aromatic N) is 4. The number of rotatable bonds is 4. The lowest BCUT2D eigenvalue weighted by molar-refractivity contribution is -0.114. The van der Waals surface area contributed by atoms with Gasteiger partial charge >= 0.3 is 0 Å². The van der Waals surface area contributed by atoms with Gasteiger partial charge < -0.3 is 10.2 Å². The summed E-state index contributed by atoms with van der Waals surface area (Å²) in [5.74, 6) is 0.722. The minimum atomic E-state index is -0.0713. The summed E-state index contributed by atoms with van der Waals surface area (Å²) in [6.45, 7) is 9.99. The fourth-order valence-electron chi connectivity index (χ4n) is 3.02. The molecule has 3 rings (SSSR count). The smallest absolute Gasteiger partial charge is 0.225 e. The van der Waals surface area contributed by atoms with Crippen molar-refractivity contribution >= 4 is 17.5 Å². The topological polar surface area (TPSA) is 61.4 Å². The van der Waals surface area contributed by atoms with E-state index in [9.17, 15) is 4.79 Å². The average molecular weight is 339 g/mol. The lowest BCUT2D eigenvalue weighted by atomic mass is 10.1. The lowest BCUT2D eigenvalue weighted by Crippen LogP contribution is -2.49. The standard InChI is InChI=1S/C19H25N5O/c1-14(2)23-8-10-24(11-9-23)19-20-12-17(13-21-19)16-4-6-18(7-5-16)22-15(3)25/h4-7,12-14H,8-11H2,1-3H3,(H,22,25). The molecule has 1 aromatic heterocycles. The Labute approximate surface area is 148 Å². The number of hydrogen-bond acceptors (Lipinski definition) is 5. The molecule has 1 aliphatic rings. The van der Waals surface area contributed by atoms with Gasteiger partial charge in [-0.15, -0.1) is 0 Å². The molecule has 1 aliphatic heterocycles. The first-order valence-electron chi connectivity index (χ1n) is 8.72.